The Morgan fingerprint density at radius 1 is 1.03 bits per heavy atom. The van der Waals surface area contributed by atoms with Crippen LogP contribution in [0.1, 0.15) is 35.0 Å². The average molecular weight is 448 g/mol. The smallest absolute Gasteiger partial charge is 0.266 e. The zero-order chi connectivity index (χ0) is 23.0. The third-order valence-corrected chi connectivity index (χ3v) is 6.61. The van der Waals surface area contributed by atoms with Crippen LogP contribution in [0.5, 0.6) is 0 Å². The van der Waals surface area contributed by atoms with E-state index in [0.29, 0.717) is 22.3 Å². The SMILES string of the molecule is CCN1C(=O)/C(=C\c2cc(C)n(-c3ccc(C)cc3C)c2C)SC1=Nc1ccc(F)cc1. The molecule has 1 amide bonds. The molecule has 3 aromatic rings. The van der Waals surface area contributed by atoms with E-state index in [9.17, 15) is 9.18 Å². The zero-order valence-electron chi connectivity index (χ0n) is 18.9. The number of halogens is 1. The molecule has 2 heterocycles. The molecular weight excluding hydrogens is 421 g/mol. The molecule has 1 aliphatic heterocycles. The van der Waals surface area contributed by atoms with Gasteiger partial charge in [-0.25, -0.2) is 9.38 Å². The van der Waals surface area contributed by atoms with Crippen LogP contribution in [-0.4, -0.2) is 27.1 Å². The van der Waals surface area contributed by atoms with E-state index in [4.69, 9.17) is 0 Å². The van der Waals surface area contributed by atoms with Gasteiger partial charge in [-0.3, -0.25) is 9.69 Å². The molecule has 0 aliphatic carbocycles. The Hall–Kier alpha value is -3.12. The highest BCUT2D eigenvalue weighted by atomic mass is 32.2. The van der Waals surface area contributed by atoms with Crippen LogP contribution in [0, 0.1) is 33.5 Å². The van der Waals surface area contributed by atoms with Crippen LogP contribution >= 0.6 is 11.8 Å². The first-order valence-electron chi connectivity index (χ1n) is 10.6. The summed E-state index contributed by atoms with van der Waals surface area (Å²) in [6.45, 7) is 10.8. The Kier molecular flexibility index (Phi) is 6.07. The van der Waals surface area contributed by atoms with Crippen LogP contribution < -0.4 is 0 Å². The number of likely N-dealkylation sites (N-methyl/N-ethyl adjacent to an activating group) is 1. The van der Waals surface area contributed by atoms with Crippen molar-refractivity contribution in [1.29, 1.82) is 0 Å². The summed E-state index contributed by atoms with van der Waals surface area (Å²) in [4.78, 5) is 19.9. The molecule has 4 rings (SSSR count). The molecule has 0 atom stereocenters. The lowest BCUT2D eigenvalue weighted by atomic mass is 10.1. The third kappa shape index (κ3) is 4.15. The molecule has 0 saturated carbocycles. The van der Waals surface area contributed by atoms with E-state index in [0.717, 1.165) is 22.6 Å². The lowest BCUT2D eigenvalue weighted by Crippen LogP contribution is -2.28. The number of nitrogens with zero attached hydrogens (tertiary/aromatic N) is 3. The standard InChI is InChI=1S/C26H26FN3OS/c1-6-29-25(31)24(32-26(29)28-22-10-8-21(27)9-11-22)15-20-14-18(4)30(19(20)5)23-12-7-16(2)13-17(23)3/h7-15H,6H2,1-5H3/b24-15+,28-26?. The Morgan fingerprint density at radius 2 is 1.75 bits per heavy atom. The number of rotatable bonds is 4. The van der Waals surface area contributed by atoms with Crippen molar-refractivity contribution in [2.45, 2.75) is 34.6 Å². The predicted octanol–water partition coefficient (Wildman–Crippen LogP) is 6.47. The third-order valence-electron chi connectivity index (χ3n) is 5.61. The fourth-order valence-corrected chi connectivity index (χ4v) is 5.05. The molecule has 0 spiro atoms. The van der Waals surface area contributed by atoms with Crippen LogP contribution in [0.2, 0.25) is 0 Å². The largest absolute Gasteiger partial charge is 0.318 e. The zero-order valence-corrected chi connectivity index (χ0v) is 19.8. The van der Waals surface area contributed by atoms with Gasteiger partial charge in [-0.2, -0.15) is 0 Å². The second-order valence-electron chi connectivity index (χ2n) is 7.98. The van der Waals surface area contributed by atoms with Gasteiger partial charge in [-0.05, 0) is 100.0 Å². The van der Waals surface area contributed by atoms with E-state index < -0.39 is 0 Å². The molecule has 32 heavy (non-hydrogen) atoms. The highest BCUT2D eigenvalue weighted by molar-refractivity contribution is 8.18. The van der Waals surface area contributed by atoms with Crippen molar-refractivity contribution in [3.63, 3.8) is 0 Å². The molecule has 1 fully saturated rings. The number of aliphatic imine (C=N–C) groups is 1. The van der Waals surface area contributed by atoms with Crippen LogP contribution in [0.3, 0.4) is 0 Å². The van der Waals surface area contributed by atoms with Gasteiger partial charge in [0, 0.05) is 23.6 Å². The van der Waals surface area contributed by atoms with Crippen LogP contribution in [0.15, 0.2) is 58.4 Å². The molecule has 0 radical (unpaired) electrons. The van der Waals surface area contributed by atoms with Crippen molar-refractivity contribution < 1.29 is 9.18 Å². The van der Waals surface area contributed by atoms with E-state index >= 15 is 0 Å². The summed E-state index contributed by atoms with van der Waals surface area (Å²) in [5, 5.41) is 0.610. The van der Waals surface area contributed by atoms with Gasteiger partial charge in [0.1, 0.15) is 5.82 Å². The van der Waals surface area contributed by atoms with Gasteiger partial charge in [0.15, 0.2) is 5.17 Å². The molecule has 1 saturated heterocycles. The fourth-order valence-electron chi connectivity index (χ4n) is 4.00. The van der Waals surface area contributed by atoms with Crippen molar-refractivity contribution in [1.82, 2.24) is 9.47 Å². The lowest BCUT2D eigenvalue weighted by molar-refractivity contribution is -0.122. The van der Waals surface area contributed by atoms with Gasteiger partial charge in [0.05, 0.1) is 10.6 Å². The average Bonchev–Trinajstić information content (AvgIpc) is 3.19. The first kappa shape index (κ1) is 22.1. The van der Waals surface area contributed by atoms with E-state index in [1.165, 1.54) is 35.0 Å². The van der Waals surface area contributed by atoms with Crippen LogP contribution in [0.25, 0.3) is 11.8 Å². The van der Waals surface area contributed by atoms with Crippen molar-refractivity contribution >= 4 is 34.6 Å². The minimum absolute atomic E-state index is 0.0605. The molecule has 0 bridgehead atoms. The van der Waals surface area contributed by atoms with Gasteiger partial charge >= 0.3 is 0 Å². The topological polar surface area (TPSA) is 37.6 Å². The minimum atomic E-state index is -0.309. The van der Waals surface area contributed by atoms with Crippen LogP contribution in [0.4, 0.5) is 10.1 Å². The van der Waals surface area contributed by atoms with Gasteiger partial charge in [-0.1, -0.05) is 17.7 Å². The summed E-state index contributed by atoms with van der Waals surface area (Å²) < 4.78 is 15.5. The molecule has 2 aromatic carbocycles. The summed E-state index contributed by atoms with van der Waals surface area (Å²) in [6, 6.07) is 14.5. The number of carbonyl (C=O) groups excluding carboxylic acids is 1. The van der Waals surface area contributed by atoms with Gasteiger partial charge in [0.25, 0.3) is 5.91 Å². The molecular formula is C26H26FN3OS. The Labute approximate surface area is 192 Å². The maximum atomic E-state index is 13.2. The number of benzene rings is 2. The molecule has 0 N–H and O–H groups in total. The summed E-state index contributed by atoms with van der Waals surface area (Å²) >= 11 is 1.35. The number of hydrogen-bond donors (Lipinski definition) is 0. The number of amides is 1. The number of thioether (sulfide) groups is 1. The highest BCUT2D eigenvalue weighted by Crippen LogP contribution is 2.35. The molecule has 1 aromatic heterocycles. The monoisotopic (exact) mass is 447 g/mol. The van der Waals surface area contributed by atoms with Crippen molar-refractivity contribution in [2.24, 2.45) is 4.99 Å². The Morgan fingerprint density at radius 3 is 2.41 bits per heavy atom. The number of aryl methyl sites for hydroxylation is 3. The Balaban J connectivity index is 1.71. The summed E-state index contributed by atoms with van der Waals surface area (Å²) in [5.41, 5.74) is 7.42. The second kappa shape index (κ2) is 8.79. The minimum Gasteiger partial charge on any atom is -0.318 e. The molecule has 4 nitrogen and oxygen atoms in total. The normalized spacial score (nSPS) is 16.6. The maximum absolute atomic E-state index is 13.2. The molecule has 164 valence electrons. The second-order valence-corrected chi connectivity index (χ2v) is 8.99. The van der Waals surface area contributed by atoms with E-state index in [1.807, 2.05) is 13.0 Å². The maximum Gasteiger partial charge on any atom is 0.266 e. The number of aromatic nitrogens is 1. The van der Waals surface area contributed by atoms with Gasteiger partial charge < -0.3 is 4.57 Å². The summed E-state index contributed by atoms with van der Waals surface area (Å²) in [6.07, 6.45) is 1.95. The first-order chi connectivity index (χ1) is 15.3. The number of amidine groups is 1. The lowest BCUT2D eigenvalue weighted by Gasteiger charge is -2.13. The summed E-state index contributed by atoms with van der Waals surface area (Å²) in [7, 11) is 0. The molecule has 0 unspecified atom stereocenters. The fraction of sp³-hybridized carbons (Fsp3) is 0.231. The summed E-state index contributed by atoms with van der Waals surface area (Å²) in [5.74, 6) is -0.370. The molecule has 6 heteroatoms. The van der Waals surface area contributed by atoms with E-state index in [2.05, 4.69) is 61.5 Å². The molecule has 1 aliphatic rings. The highest BCUT2D eigenvalue weighted by Gasteiger charge is 2.32. The van der Waals surface area contributed by atoms with E-state index in [-0.39, 0.29) is 11.7 Å². The quantitative estimate of drug-likeness (QED) is 0.430. The van der Waals surface area contributed by atoms with Crippen molar-refractivity contribution in [3.8, 4) is 5.69 Å². The number of hydrogen-bond acceptors (Lipinski definition) is 3. The van der Waals surface area contributed by atoms with Crippen molar-refractivity contribution in [3.05, 3.63) is 87.3 Å². The number of carbonyl (C=O) groups is 1. The van der Waals surface area contributed by atoms with Crippen LogP contribution in [-0.2, 0) is 4.79 Å². The van der Waals surface area contributed by atoms with Gasteiger partial charge in [0.2, 0.25) is 0 Å². The first-order valence-corrected chi connectivity index (χ1v) is 11.4. The van der Waals surface area contributed by atoms with Crippen molar-refractivity contribution in [2.75, 3.05) is 6.54 Å². The predicted molar refractivity (Wildman–Crippen MR) is 131 cm³/mol. The van der Waals surface area contributed by atoms with E-state index in [1.54, 1.807) is 17.0 Å². The van der Waals surface area contributed by atoms with Gasteiger partial charge in [-0.15, -0.1) is 0 Å². The Bertz CT molecular complexity index is 1250.